The van der Waals surface area contributed by atoms with Gasteiger partial charge in [0.15, 0.2) is 5.58 Å². The van der Waals surface area contributed by atoms with Crippen molar-refractivity contribution in [3.8, 4) is 0 Å². The number of aromatic nitrogens is 1. The van der Waals surface area contributed by atoms with E-state index >= 15 is 0 Å². The first-order chi connectivity index (χ1) is 12.5. The van der Waals surface area contributed by atoms with Crippen molar-refractivity contribution in [3.63, 3.8) is 0 Å². The van der Waals surface area contributed by atoms with Gasteiger partial charge in [0.1, 0.15) is 5.82 Å². The molecule has 1 aromatic heterocycles. The molecule has 0 aliphatic rings. The van der Waals surface area contributed by atoms with Crippen LogP contribution in [0.25, 0.3) is 11.1 Å². The SMILES string of the molecule is CN(Cc1c(F)cccc1Cl)C(=O)CCCn1c(=O)oc2ccccc21. The van der Waals surface area contributed by atoms with Crippen LogP contribution in [-0.2, 0) is 17.9 Å². The number of aryl methyl sites for hydroxylation is 1. The van der Waals surface area contributed by atoms with E-state index in [2.05, 4.69) is 0 Å². The first kappa shape index (κ1) is 18.2. The highest BCUT2D eigenvalue weighted by Gasteiger charge is 2.15. The van der Waals surface area contributed by atoms with Crippen LogP contribution < -0.4 is 5.76 Å². The molecule has 0 saturated heterocycles. The van der Waals surface area contributed by atoms with Crippen LogP contribution in [0.2, 0.25) is 5.02 Å². The predicted octanol–water partition coefficient (Wildman–Crippen LogP) is 3.83. The summed E-state index contributed by atoms with van der Waals surface area (Å²) >= 11 is 6.00. The summed E-state index contributed by atoms with van der Waals surface area (Å²) in [6.45, 7) is 0.467. The summed E-state index contributed by atoms with van der Waals surface area (Å²) in [5.74, 6) is -1.02. The molecule has 1 heterocycles. The zero-order valence-electron chi connectivity index (χ0n) is 14.2. The molecule has 0 bridgehead atoms. The molecule has 2 aromatic carbocycles. The van der Waals surface area contributed by atoms with Gasteiger partial charge in [-0.25, -0.2) is 9.18 Å². The fourth-order valence-corrected chi connectivity index (χ4v) is 3.04. The Balaban J connectivity index is 1.60. The van der Waals surface area contributed by atoms with Gasteiger partial charge in [0.25, 0.3) is 0 Å². The van der Waals surface area contributed by atoms with E-state index < -0.39 is 11.6 Å². The average molecular weight is 377 g/mol. The molecule has 0 N–H and O–H groups in total. The number of amides is 1. The summed E-state index contributed by atoms with van der Waals surface area (Å²) in [6.07, 6.45) is 0.701. The fourth-order valence-electron chi connectivity index (χ4n) is 2.81. The Morgan fingerprint density at radius 3 is 2.77 bits per heavy atom. The van der Waals surface area contributed by atoms with Crippen molar-refractivity contribution in [2.24, 2.45) is 0 Å². The van der Waals surface area contributed by atoms with E-state index in [0.717, 1.165) is 0 Å². The van der Waals surface area contributed by atoms with E-state index in [9.17, 15) is 14.0 Å². The van der Waals surface area contributed by atoms with Crippen LogP contribution in [0.5, 0.6) is 0 Å². The maximum Gasteiger partial charge on any atom is 0.419 e. The first-order valence-electron chi connectivity index (χ1n) is 8.22. The number of carbonyl (C=O) groups excluding carboxylic acids is 1. The highest BCUT2D eigenvalue weighted by molar-refractivity contribution is 6.31. The third kappa shape index (κ3) is 3.80. The number of para-hydroxylation sites is 2. The summed E-state index contributed by atoms with van der Waals surface area (Å²) in [7, 11) is 1.60. The molecule has 26 heavy (non-hydrogen) atoms. The van der Waals surface area contributed by atoms with Crippen molar-refractivity contribution in [1.29, 1.82) is 0 Å². The molecule has 5 nitrogen and oxygen atoms in total. The molecule has 7 heteroatoms. The van der Waals surface area contributed by atoms with E-state index in [-0.39, 0.29) is 18.9 Å². The number of fused-ring (bicyclic) bond motifs is 1. The number of carbonyl (C=O) groups is 1. The Morgan fingerprint density at radius 1 is 1.23 bits per heavy atom. The highest BCUT2D eigenvalue weighted by Crippen LogP contribution is 2.20. The van der Waals surface area contributed by atoms with Crippen LogP contribution in [0, 0.1) is 5.82 Å². The molecule has 0 fully saturated rings. The van der Waals surface area contributed by atoms with Gasteiger partial charge in [-0.1, -0.05) is 29.8 Å². The van der Waals surface area contributed by atoms with Gasteiger partial charge in [-0.3, -0.25) is 9.36 Å². The quantitative estimate of drug-likeness (QED) is 0.657. The van der Waals surface area contributed by atoms with Gasteiger partial charge in [0.2, 0.25) is 5.91 Å². The normalized spacial score (nSPS) is 11.0. The third-order valence-corrected chi connectivity index (χ3v) is 4.58. The molecule has 0 radical (unpaired) electrons. The van der Waals surface area contributed by atoms with E-state index in [1.807, 2.05) is 6.07 Å². The fraction of sp³-hybridized carbons (Fsp3) is 0.263. The molecule has 0 aliphatic heterocycles. The lowest BCUT2D eigenvalue weighted by atomic mass is 10.2. The molecule has 0 saturated carbocycles. The lowest BCUT2D eigenvalue weighted by Crippen LogP contribution is -2.27. The number of hydrogen-bond donors (Lipinski definition) is 0. The van der Waals surface area contributed by atoms with Gasteiger partial charge in [-0.05, 0) is 30.7 Å². The van der Waals surface area contributed by atoms with Crippen molar-refractivity contribution < 1.29 is 13.6 Å². The molecule has 0 spiro atoms. The molecule has 3 aromatic rings. The Labute approximate surface area is 154 Å². The molecule has 0 atom stereocenters. The summed E-state index contributed by atoms with van der Waals surface area (Å²) in [4.78, 5) is 25.6. The minimum absolute atomic E-state index is 0.0962. The molecule has 0 aliphatic carbocycles. The number of halogens is 2. The van der Waals surface area contributed by atoms with Crippen LogP contribution in [0.15, 0.2) is 51.7 Å². The van der Waals surface area contributed by atoms with Crippen molar-refractivity contribution in [2.75, 3.05) is 7.05 Å². The second-order valence-electron chi connectivity index (χ2n) is 6.04. The second-order valence-corrected chi connectivity index (χ2v) is 6.45. The number of oxazole rings is 1. The Bertz CT molecular complexity index is 976. The smallest absolute Gasteiger partial charge is 0.408 e. The minimum atomic E-state index is -0.440. The molecule has 1 amide bonds. The standard InChI is InChI=1S/C19H18ClFN2O3/c1-22(12-13-14(20)6-4-7-15(13)21)18(24)10-5-11-23-16-8-2-3-9-17(16)26-19(23)25/h2-4,6-9H,5,10-12H2,1H3. The summed E-state index contributed by atoms with van der Waals surface area (Å²) in [6, 6.07) is 11.6. The van der Waals surface area contributed by atoms with E-state index in [0.29, 0.717) is 34.7 Å². The molecule has 0 unspecified atom stereocenters. The minimum Gasteiger partial charge on any atom is -0.408 e. The second kappa shape index (κ2) is 7.74. The summed E-state index contributed by atoms with van der Waals surface area (Å²) in [5, 5.41) is 0.293. The number of hydrogen-bond acceptors (Lipinski definition) is 3. The lowest BCUT2D eigenvalue weighted by molar-refractivity contribution is -0.130. The Kier molecular flexibility index (Phi) is 5.42. The highest BCUT2D eigenvalue weighted by atomic mass is 35.5. The van der Waals surface area contributed by atoms with E-state index in [1.165, 1.54) is 21.6 Å². The van der Waals surface area contributed by atoms with Gasteiger partial charge >= 0.3 is 5.76 Å². The molecular formula is C19H18ClFN2O3. The number of benzene rings is 2. The summed E-state index contributed by atoms with van der Waals surface area (Å²) in [5.41, 5.74) is 1.52. The number of rotatable bonds is 6. The topological polar surface area (TPSA) is 55.5 Å². The average Bonchev–Trinajstić information content (AvgIpc) is 2.93. The molecular weight excluding hydrogens is 359 g/mol. The third-order valence-electron chi connectivity index (χ3n) is 4.23. The van der Waals surface area contributed by atoms with Crippen LogP contribution in [0.4, 0.5) is 4.39 Å². The van der Waals surface area contributed by atoms with Crippen LogP contribution in [0.3, 0.4) is 0 Å². The predicted molar refractivity (Wildman–Crippen MR) is 97.6 cm³/mol. The largest absolute Gasteiger partial charge is 0.419 e. The van der Waals surface area contributed by atoms with Crippen LogP contribution >= 0.6 is 11.6 Å². The lowest BCUT2D eigenvalue weighted by Gasteiger charge is -2.18. The monoisotopic (exact) mass is 376 g/mol. The first-order valence-corrected chi connectivity index (χ1v) is 8.60. The van der Waals surface area contributed by atoms with Crippen LogP contribution in [-0.4, -0.2) is 22.4 Å². The van der Waals surface area contributed by atoms with Crippen molar-refractivity contribution in [3.05, 3.63) is 69.4 Å². The molecule has 136 valence electrons. The zero-order valence-corrected chi connectivity index (χ0v) is 15.0. The van der Waals surface area contributed by atoms with Gasteiger partial charge in [-0.2, -0.15) is 0 Å². The van der Waals surface area contributed by atoms with Gasteiger partial charge in [0.05, 0.1) is 5.52 Å². The van der Waals surface area contributed by atoms with Gasteiger partial charge in [0, 0.05) is 37.1 Å². The van der Waals surface area contributed by atoms with Gasteiger partial charge < -0.3 is 9.32 Å². The maximum absolute atomic E-state index is 13.8. The molecule has 3 rings (SSSR count). The van der Waals surface area contributed by atoms with Gasteiger partial charge in [-0.15, -0.1) is 0 Å². The van der Waals surface area contributed by atoms with Crippen molar-refractivity contribution in [1.82, 2.24) is 9.47 Å². The Morgan fingerprint density at radius 2 is 2.00 bits per heavy atom. The van der Waals surface area contributed by atoms with E-state index in [4.69, 9.17) is 16.0 Å². The number of nitrogens with zero attached hydrogens (tertiary/aromatic N) is 2. The van der Waals surface area contributed by atoms with Crippen LogP contribution in [0.1, 0.15) is 18.4 Å². The van der Waals surface area contributed by atoms with Crippen molar-refractivity contribution >= 4 is 28.6 Å². The maximum atomic E-state index is 13.8. The van der Waals surface area contributed by atoms with E-state index in [1.54, 1.807) is 31.3 Å². The van der Waals surface area contributed by atoms with Crippen molar-refractivity contribution in [2.45, 2.75) is 25.9 Å². The summed E-state index contributed by atoms with van der Waals surface area (Å²) < 4.78 is 20.5. The zero-order chi connectivity index (χ0) is 18.7. The Hall–Kier alpha value is -2.60.